The average molecular weight is 286 g/mol. The molecule has 7 nitrogen and oxygen atoms in total. The molecule has 0 bridgehead atoms. The fourth-order valence-electron chi connectivity index (χ4n) is 2.54. The number of nitrogens with zero attached hydrogens (tertiary/aromatic N) is 4. The molecule has 3 rings (SSSR count). The number of carboxylic acids is 1. The molecule has 0 spiro atoms. The number of carboxylic acid groups (broad SMARTS) is 1. The first-order chi connectivity index (χ1) is 10.2. The van der Waals surface area contributed by atoms with Crippen LogP contribution in [0.25, 0.3) is 5.69 Å². The van der Waals surface area contributed by atoms with Gasteiger partial charge in [-0.25, -0.2) is 4.79 Å². The van der Waals surface area contributed by atoms with Gasteiger partial charge in [0.1, 0.15) is 18.7 Å². The van der Waals surface area contributed by atoms with Crippen LogP contribution in [0.4, 0.5) is 0 Å². The van der Waals surface area contributed by atoms with Gasteiger partial charge >= 0.3 is 5.97 Å². The minimum absolute atomic E-state index is 0.241. The summed E-state index contributed by atoms with van der Waals surface area (Å²) in [6.45, 7) is 0.489. The fourth-order valence-corrected chi connectivity index (χ4v) is 2.54. The van der Waals surface area contributed by atoms with E-state index in [1.165, 1.54) is 4.90 Å². The van der Waals surface area contributed by atoms with Crippen molar-refractivity contribution in [1.29, 1.82) is 0 Å². The van der Waals surface area contributed by atoms with Gasteiger partial charge in [0.2, 0.25) is 0 Å². The van der Waals surface area contributed by atoms with E-state index in [0.717, 1.165) is 12.1 Å². The zero-order chi connectivity index (χ0) is 14.8. The Morgan fingerprint density at radius 2 is 1.81 bits per heavy atom. The smallest absolute Gasteiger partial charge is 0.326 e. The third kappa shape index (κ3) is 2.49. The average Bonchev–Trinajstić information content (AvgIpc) is 3.18. The third-order valence-corrected chi connectivity index (χ3v) is 3.63. The maximum atomic E-state index is 12.4. The van der Waals surface area contributed by atoms with Crippen molar-refractivity contribution >= 4 is 11.9 Å². The molecular weight excluding hydrogens is 272 g/mol. The molecule has 1 aromatic heterocycles. The number of hydrogen-bond donors (Lipinski definition) is 1. The van der Waals surface area contributed by atoms with Crippen molar-refractivity contribution in [2.45, 2.75) is 18.9 Å². The minimum atomic E-state index is -0.943. The first-order valence-electron chi connectivity index (χ1n) is 6.65. The summed E-state index contributed by atoms with van der Waals surface area (Å²) < 4.78 is 1.73. The van der Waals surface area contributed by atoms with Gasteiger partial charge in [0.25, 0.3) is 5.91 Å². The van der Waals surface area contributed by atoms with Gasteiger partial charge in [-0.3, -0.25) is 9.36 Å². The number of rotatable bonds is 3. The van der Waals surface area contributed by atoms with Crippen molar-refractivity contribution in [3.05, 3.63) is 42.5 Å². The Balaban J connectivity index is 1.80. The van der Waals surface area contributed by atoms with E-state index in [1.54, 1.807) is 41.5 Å². The molecule has 1 aliphatic rings. The van der Waals surface area contributed by atoms with Crippen molar-refractivity contribution < 1.29 is 14.7 Å². The largest absolute Gasteiger partial charge is 0.480 e. The van der Waals surface area contributed by atoms with E-state index in [0.29, 0.717) is 18.5 Å². The first-order valence-corrected chi connectivity index (χ1v) is 6.65. The van der Waals surface area contributed by atoms with Crippen LogP contribution in [-0.4, -0.2) is 49.2 Å². The van der Waals surface area contributed by atoms with Crippen LogP contribution < -0.4 is 0 Å². The molecule has 0 unspecified atom stereocenters. The zero-order valence-electron chi connectivity index (χ0n) is 11.2. The lowest BCUT2D eigenvalue weighted by Gasteiger charge is -2.21. The van der Waals surface area contributed by atoms with E-state index in [4.69, 9.17) is 5.11 Å². The number of aliphatic carboxylic acids is 1. The molecule has 1 aromatic carbocycles. The molecular formula is C14H14N4O3. The molecule has 1 atom stereocenters. The highest BCUT2D eigenvalue weighted by molar-refractivity contribution is 5.97. The number of benzene rings is 1. The van der Waals surface area contributed by atoms with Crippen LogP contribution in [0.2, 0.25) is 0 Å². The number of carbonyl (C=O) groups is 2. The summed E-state index contributed by atoms with van der Waals surface area (Å²) in [4.78, 5) is 25.0. The van der Waals surface area contributed by atoms with Gasteiger partial charge < -0.3 is 10.0 Å². The molecule has 7 heteroatoms. The van der Waals surface area contributed by atoms with Crippen LogP contribution in [0, 0.1) is 0 Å². The molecule has 1 aliphatic heterocycles. The Kier molecular flexibility index (Phi) is 3.39. The summed E-state index contributed by atoms with van der Waals surface area (Å²) >= 11 is 0. The lowest BCUT2D eigenvalue weighted by Crippen LogP contribution is -2.40. The second-order valence-corrected chi connectivity index (χ2v) is 4.91. The third-order valence-electron chi connectivity index (χ3n) is 3.63. The van der Waals surface area contributed by atoms with Gasteiger partial charge in [0, 0.05) is 17.8 Å². The van der Waals surface area contributed by atoms with Crippen molar-refractivity contribution in [3.8, 4) is 5.69 Å². The van der Waals surface area contributed by atoms with Gasteiger partial charge in [-0.15, -0.1) is 10.2 Å². The molecule has 0 aliphatic carbocycles. The Labute approximate surface area is 120 Å². The van der Waals surface area contributed by atoms with Crippen LogP contribution >= 0.6 is 0 Å². The second kappa shape index (κ2) is 5.35. The normalized spacial score (nSPS) is 17.9. The maximum absolute atomic E-state index is 12.4. The van der Waals surface area contributed by atoms with Gasteiger partial charge in [-0.05, 0) is 37.1 Å². The molecule has 1 saturated heterocycles. The van der Waals surface area contributed by atoms with Gasteiger partial charge in [-0.2, -0.15) is 0 Å². The van der Waals surface area contributed by atoms with Crippen LogP contribution in [0.3, 0.4) is 0 Å². The fraction of sp³-hybridized carbons (Fsp3) is 0.286. The molecule has 108 valence electrons. The van der Waals surface area contributed by atoms with E-state index in [1.807, 2.05) is 0 Å². The van der Waals surface area contributed by atoms with Crippen LogP contribution in [0.5, 0.6) is 0 Å². The standard InChI is InChI=1S/C14H14N4O3/c19-13(18-7-1-2-12(18)14(20)21)10-3-5-11(6-4-10)17-8-15-16-9-17/h3-6,8-9,12H,1-2,7H2,(H,20,21)/t12-/m0/s1. The van der Waals surface area contributed by atoms with E-state index in [-0.39, 0.29) is 5.91 Å². The quantitative estimate of drug-likeness (QED) is 0.907. The summed E-state index contributed by atoms with van der Waals surface area (Å²) in [6, 6.07) is 6.23. The molecule has 0 radical (unpaired) electrons. The molecule has 1 N–H and O–H groups in total. The second-order valence-electron chi connectivity index (χ2n) is 4.91. The highest BCUT2D eigenvalue weighted by Gasteiger charge is 2.34. The molecule has 2 heterocycles. The van der Waals surface area contributed by atoms with Crippen molar-refractivity contribution in [3.63, 3.8) is 0 Å². The summed E-state index contributed by atoms with van der Waals surface area (Å²) in [7, 11) is 0. The summed E-state index contributed by atoms with van der Waals surface area (Å²) in [6.07, 6.45) is 4.37. The van der Waals surface area contributed by atoms with Crippen LogP contribution in [0.15, 0.2) is 36.9 Å². The maximum Gasteiger partial charge on any atom is 0.326 e. The molecule has 1 fully saturated rings. The first kappa shape index (κ1) is 13.3. The zero-order valence-corrected chi connectivity index (χ0v) is 11.2. The van der Waals surface area contributed by atoms with Gasteiger partial charge in [0.15, 0.2) is 0 Å². The molecule has 2 aromatic rings. The molecule has 21 heavy (non-hydrogen) atoms. The van der Waals surface area contributed by atoms with Gasteiger partial charge in [-0.1, -0.05) is 0 Å². The van der Waals surface area contributed by atoms with Gasteiger partial charge in [0.05, 0.1) is 0 Å². The topological polar surface area (TPSA) is 88.3 Å². The predicted octanol–water partition coefficient (Wildman–Crippen LogP) is 0.956. The van der Waals surface area contributed by atoms with Crippen LogP contribution in [0.1, 0.15) is 23.2 Å². The lowest BCUT2D eigenvalue weighted by molar-refractivity contribution is -0.141. The minimum Gasteiger partial charge on any atom is -0.480 e. The monoisotopic (exact) mass is 286 g/mol. The lowest BCUT2D eigenvalue weighted by atomic mass is 10.1. The van der Waals surface area contributed by atoms with E-state index in [2.05, 4.69) is 10.2 Å². The Morgan fingerprint density at radius 1 is 1.14 bits per heavy atom. The van der Waals surface area contributed by atoms with Crippen LogP contribution in [-0.2, 0) is 4.79 Å². The van der Waals surface area contributed by atoms with E-state index >= 15 is 0 Å². The Hall–Kier alpha value is -2.70. The SMILES string of the molecule is O=C(O)[C@@H]1CCCN1C(=O)c1ccc(-n2cnnc2)cc1. The Morgan fingerprint density at radius 3 is 2.43 bits per heavy atom. The van der Waals surface area contributed by atoms with Crippen molar-refractivity contribution in [2.24, 2.45) is 0 Å². The molecule has 1 amide bonds. The van der Waals surface area contributed by atoms with Crippen molar-refractivity contribution in [2.75, 3.05) is 6.54 Å². The Bertz CT molecular complexity index is 651. The predicted molar refractivity (Wildman–Crippen MR) is 73.1 cm³/mol. The van der Waals surface area contributed by atoms with E-state index in [9.17, 15) is 9.59 Å². The number of hydrogen-bond acceptors (Lipinski definition) is 4. The highest BCUT2D eigenvalue weighted by atomic mass is 16.4. The molecule has 0 saturated carbocycles. The number of likely N-dealkylation sites (tertiary alicyclic amines) is 1. The summed E-state index contributed by atoms with van der Waals surface area (Å²) in [5, 5.41) is 16.6. The number of carbonyl (C=O) groups excluding carboxylic acids is 1. The van der Waals surface area contributed by atoms with Crippen molar-refractivity contribution in [1.82, 2.24) is 19.7 Å². The summed E-state index contributed by atoms with van der Waals surface area (Å²) in [5.41, 5.74) is 1.33. The number of amides is 1. The van der Waals surface area contributed by atoms with E-state index < -0.39 is 12.0 Å². The highest BCUT2D eigenvalue weighted by Crippen LogP contribution is 2.21. The summed E-state index contributed by atoms with van der Waals surface area (Å²) in [5.74, 6) is -1.18. The number of aromatic nitrogens is 3.